The van der Waals surface area contributed by atoms with E-state index in [0.717, 1.165) is 0 Å². The molecule has 1 aromatic rings. The second-order valence-electron chi connectivity index (χ2n) is 3.59. The highest BCUT2D eigenvalue weighted by Crippen LogP contribution is 2.10. The number of nitrogens with one attached hydrogen (secondary N) is 2. The van der Waals surface area contributed by atoms with Crippen LogP contribution in [0.1, 0.15) is 16.8 Å². The molecule has 2 amide bonds. The van der Waals surface area contributed by atoms with E-state index in [1.807, 2.05) is 0 Å². The average Bonchev–Trinajstić information content (AvgIpc) is 2.38. The maximum absolute atomic E-state index is 11.4. The number of carboxylic acid groups (broad SMARTS) is 1. The molecule has 7 nitrogen and oxygen atoms in total. The highest BCUT2D eigenvalue weighted by atomic mass is 16.5. The van der Waals surface area contributed by atoms with Crippen LogP contribution >= 0.6 is 0 Å². The van der Waals surface area contributed by atoms with Crippen molar-refractivity contribution in [1.82, 2.24) is 5.32 Å². The quantitative estimate of drug-likeness (QED) is 0.691. The van der Waals surface area contributed by atoms with E-state index in [0.29, 0.717) is 11.3 Å². The Balaban J connectivity index is 2.46. The molecule has 0 heterocycles. The number of hydrogen-bond acceptors (Lipinski definition) is 4. The molecule has 0 aromatic heterocycles. The van der Waals surface area contributed by atoms with Gasteiger partial charge in [0.15, 0.2) is 0 Å². The van der Waals surface area contributed by atoms with Crippen molar-refractivity contribution >= 4 is 23.7 Å². The molecule has 102 valence electrons. The van der Waals surface area contributed by atoms with Crippen LogP contribution in [0.5, 0.6) is 0 Å². The fraction of sp³-hybridized carbons (Fsp3) is 0.250. The van der Waals surface area contributed by atoms with Gasteiger partial charge in [0, 0.05) is 12.2 Å². The largest absolute Gasteiger partial charge is 0.481 e. The Labute approximate surface area is 109 Å². The molecule has 0 radical (unpaired) electrons. The molecule has 3 N–H and O–H groups in total. The first-order chi connectivity index (χ1) is 9.02. The smallest absolute Gasteiger partial charge is 0.337 e. The van der Waals surface area contributed by atoms with Crippen molar-refractivity contribution in [3.63, 3.8) is 0 Å². The van der Waals surface area contributed by atoms with Crippen LogP contribution in [0.3, 0.4) is 0 Å². The third kappa shape index (κ3) is 5.07. The van der Waals surface area contributed by atoms with E-state index >= 15 is 0 Å². The van der Waals surface area contributed by atoms with E-state index in [1.165, 1.54) is 19.2 Å². The molecule has 7 heteroatoms. The summed E-state index contributed by atoms with van der Waals surface area (Å²) in [6.07, 6.45) is -0.144. The summed E-state index contributed by atoms with van der Waals surface area (Å²) in [5.74, 6) is -1.44. The zero-order chi connectivity index (χ0) is 14.3. The third-order valence-electron chi connectivity index (χ3n) is 2.19. The number of rotatable bonds is 5. The van der Waals surface area contributed by atoms with Gasteiger partial charge in [-0.2, -0.15) is 0 Å². The molecule has 0 bridgehead atoms. The molecule has 19 heavy (non-hydrogen) atoms. The Hall–Kier alpha value is -2.57. The summed E-state index contributed by atoms with van der Waals surface area (Å²) in [6.45, 7) is 0.0431. The number of anilines is 1. The summed E-state index contributed by atoms with van der Waals surface area (Å²) in [5.41, 5.74) is 0.861. The number of hydrogen-bond donors (Lipinski definition) is 3. The first-order valence-electron chi connectivity index (χ1n) is 5.48. The van der Waals surface area contributed by atoms with Gasteiger partial charge < -0.3 is 20.5 Å². The molecule has 0 aliphatic rings. The lowest BCUT2D eigenvalue weighted by Gasteiger charge is -2.07. The molecular weight excluding hydrogens is 252 g/mol. The van der Waals surface area contributed by atoms with Crippen LogP contribution in [-0.4, -0.2) is 36.7 Å². The van der Waals surface area contributed by atoms with Crippen LogP contribution in [0, 0.1) is 0 Å². The van der Waals surface area contributed by atoms with Gasteiger partial charge in [0.25, 0.3) is 0 Å². The first-order valence-corrected chi connectivity index (χ1v) is 5.48. The minimum atomic E-state index is -0.984. The van der Waals surface area contributed by atoms with Crippen LogP contribution in [0.4, 0.5) is 10.5 Å². The van der Waals surface area contributed by atoms with Crippen LogP contribution in [0.25, 0.3) is 0 Å². The molecule has 0 fully saturated rings. The molecule has 0 saturated carbocycles. The number of carbonyl (C=O) groups excluding carboxylic acids is 2. The molecule has 0 unspecified atom stereocenters. The second kappa shape index (κ2) is 7.00. The highest BCUT2D eigenvalue weighted by Gasteiger charge is 2.06. The van der Waals surface area contributed by atoms with Gasteiger partial charge in [-0.25, -0.2) is 9.59 Å². The molecular formula is C12H14N2O5. The number of methoxy groups -OCH3 is 1. The Morgan fingerprint density at radius 2 is 1.84 bits per heavy atom. The number of benzene rings is 1. The average molecular weight is 266 g/mol. The van der Waals surface area contributed by atoms with Gasteiger partial charge in [0.2, 0.25) is 0 Å². The number of esters is 1. The summed E-state index contributed by atoms with van der Waals surface area (Å²) >= 11 is 0. The Morgan fingerprint density at radius 3 is 2.37 bits per heavy atom. The van der Waals surface area contributed by atoms with Crippen molar-refractivity contribution in [1.29, 1.82) is 0 Å². The van der Waals surface area contributed by atoms with Gasteiger partial charge in [-0.05, 0) is 24.3 Å². The van der Waals surface area contributed by atoms with E-state index in [4.69, 9.17) is 5.11 Å². The Kier molecular flexibility index (Phi) is 5.34. The molecule has 1 aromatic carbocycles. The van der Waals surface area contributed by atoms with Gasteiger partial charge in [0.05, 0.1) is 19.1 Å². The van der Waals surface area contributed by atoms with Crippen molar-refractivity contribution in [2.24, 2.45) is 0 Å². The van der Waals surface area contributed by atoms with Crippen LogP contribution in [0.2, 0.25) is 0 Å². The van der Waals surface area contributed by atoms with Crippen LogP contribution in [0.15, 0.2) is 24.3 Å². The van der Waals surface area contributed by atoms with E-state index in [1.54, 1.807) is 12.1 Å². The van der Waals surface area contributed by atoms with Crippen molar-refractivity contribution in [2.45, 2.75) is 6.42 Å². The monoisotopic (exact) mass is 266 g/mol. The second-order valence-corrected chi connectivity index (χ2v) is 3.59. The fourth-order valence-electron chi connectivity index (χ4n) is 1.27. The van der Waals surface area contributed by atoms with Gasteiger partial charge in [-0.15, -0.1) is 0 Å². The van der Waals surface area contributed by atoms with Gasteiger partial charge in [-0.3, -0.25) is 4.79 Å². The summed E-state index contributed by atoms with van der Waals surface area (Å²) in [4.78, 5) is 32.8. The zero-order valence-corrected chi connectivity index (χ0v) is 10.3. The van der Waals surface area contributed by atoms with E-state index < -0.39 is 18.0 Å². The lowest BCUT2D eigenvalue weighted by atomic mass is 10.2. The molecule has 0 aliphatic carbocycles. The predicted octanol–water partition coefficient (Wildman–Crippen LogP) is 1.07. The minimum absolute atomic E-state index is 0.0431. The molecule has 0 atom stereocenters. The molecule has 0 spiro atoms. The van der Waals surface area contributed by atoms with Crippen LogP contribution < -0.4 is 10.6 Å². The Morgan fingerprint density at radius 1 is 1.21 bits per heavy atom. The molecule has 0 aliphatic heterocycles. The number of ether oxygens (including phenoxy) is 1. The lowest BCUT2D eigenvalue weighted by molar-refractivity contribution is -0.136. The normalized spacial score (nSPS) is 9.53. The van der Waals surface area contributed by atoms with Gasteiger partial charge in [0.1, 0.15) is 0 Å². The number of carboxylic acids is 1. The van der Waals surface area contributed by atoms with E-state index in [2.05, 4.69) is 15.4 Å². The Bertz CT molecular complexity index is 470. The summed E-state index contributed by atoms with van der Waals surface area (Å²) in [5, 5.41) is 13.3. The number of amides is 2. The number of carbonyl (C=O) groups is 3. The van der Waals surface area contributed by atoms with E-state index in [9.17, 15) is 14.4 Å². The van der Waals surface area contributed by atoms with Gasteiger partial charge in [-0.1, -0.05) is 0 Å². The van der Waals surface area contributed by atoms with Gasteiger partial charge >= 0.3 is 18.0 Å². The summed E-state index contributed by atoms with van der Waals surface area (Å²) < 4.78 is 4.54. The molecule has 1 rings (SSSR count). The standard InChI is InChI=1S/C12H14N2O5/c1-19-11(17)8-2-4-9(5-3-8)14-12(18)13-7-6-10(15)16/h2-5H,6-7H2,1H3,(H,15,16)(H2,13,14,18). The summed E-state index contributed by atoms with van der Waals surface area (Å²) in [6, 6.07) is 5.61. The predicted molar refractivity (Wildman–Crippen MR) is 67.1 cm³/mol. The van der Waals surface area contributed by atoms with Crippen LogP contribution in [-0.2, 0) is 9.53 Å². The maximum atomic E-state index is 11.4. The molecule has 0 saturated heterocycles. The highest BCUT2D eigenvalue weighted by molar-refractivity contribution is 5.92. The number of urea groups is 1. The SMILES string of the molecule is COC(=O)c1ccc(NC(=O)NCCC(=O)O)cc1. The lowest BCUT2D eigenvalue weighted by Crippen LogP contribution is -2.30. The van der Waals surface area contributed by atoms with Crippen molar-refractivity contribution in [2.75, 3.05) is 19.0 Å². The van der Waals surface area contributed by atoms with Crippen molar-refractivity contribution in [3.8, 4) is 0 Å². The third-order valence-corrected chi connectivity index (χ3v) is 2.19. The van der Waals surface area contributed by atoms with Crippen molar-refractivity contribution < 1.29 is 24.2 Å². The maximum Gasteiger partial charge on any atom is 0.337 e. The fourth-order valence-corrected chi connectivity index (χ4v) is 1.27. The minimum Gasteiger partial charge on any atom is -0.481 e. The zero-order valence-electron chi connectivity index (χ0n) is 10.3. The van der Waals surface area contributed by atoms with Crippen molar-refractivity contribution in [3.05, 3.63) is 29.8 Å². The number of aliphatic carboxylic acids is 1. The van der Waals surface area contributed by atoms with E-state index in [-0.39, 0.29) is 13.0 Å². The first kappa shape index (κ1) is 14.5. The topological polar surface area (TPSA) is 105 Å². The summed E-state index contributed by atoms with van der Waals surface area (Å²) in [7, 11) is 1.28.